The summed E-state index contributed by atoms with van der Waals surface area (Å²) in [6.45, 7) is 0.711. The van der Waals surface area contributed by atoms with Crippen molar-refractivity contribution in [1.29, 1.82) is 0 Å². The van der Waals surface area contributed by atoms with Gasteiger partial charge in [-0.2, -0.15) is 4.98 Å². The van der Waals surface area contributed by atoms with Crippen molar-refractivity contribution in [3.05, 3.63) is 54.4 Å². The number of pyridine rings is 1. The maximum Gasteiger partial charge on any atom is 0.249 e. The highest BCUT2D eigenvalue weighted by Crippen LogP contribution is 2.32. The average Bonchev–Trinajstić information content (AvgIpc) is 3.41. The lowest BCUT2D eigenvalue weighted by molar-refractivity contribution is -0.132. The summed E-state index contributed by atoms with van der Waals surface area (Å²) in [4.78, 5) is 23.1. The van der Waals surface area contributed by atoms with Crippen LogP contribution in [-0.2, 0) is 11.2 Å². The Balaban J connectivity index is 1.46. The van der Waals surface area contributed by atoms with E-state index < -0.39 is 0 Å². The van der Waals surface area contributed by atoms with E-state index in [1.807, 2.05) is 35.2 Å². The summed E-state index contributed by atoms with van der Waals surface area (Å²) >= 11 is 0. The number of amides is 1. The molecule has 0 aliphatic carbocycles. The normalized spacial score (nSPS) is 17.1. The second kappa shape index (κ2) is 6.88. The van der Waals surface area contributed by atoms with Crippen molar-refractivity contribution in [2.75, 3.05) is 6.54 Å². The first kappa shape index (κ1) is 15.6. The lowest BCUT2D eigenvalue weighted by Gasteiger charge is -2.21. The van der Waals surface area contributed by atoms with Crippen LogP contribution >= 0.6 is 0 Å². The van der Waals surface area contributed by atoms with Crippen LogP contribution in [0.2, 0.25) is 0 Å². The molecule has 1 saturated heterocycles. The van der Waals surface area contributed by atoms with Gasteiger partial charge < -0.3 is 13.8 Å². The second-order valence-electron chi connectivity index (χ2n) is 6.00. The number of furan rings is 1. The topological polar surface area (TPSA) is 85.3 Å². The van der Waals surface area contributed by atoms with Gasteiger partial charge in [0, 0.05) is 25.6 Å². The first-order valence-corrected chi connectivity index (χ1v) is 8.38. The summed E-state index contributed by atoms with van der Waals surface area (Å²) in [5, 5.41) is 4.01. The molecule has 1 atom stereocenters. The summed E-state index contributed by atoms with van der Waals surface area (Å²) in [7, 11) is 0. The molecule has 128 valence electrons. The maximum atomic E-state index is 12.6. The fourth-order valence-corrected chi connectivity index (χ4v) is 3.12. The van der Waals surface area contributed by atoms with Crippen molar-refractivity contribution in [3.8, 4) is 11.5 Å². The molecule has 3 aromatic heterocycles. The van der Waals surface area contributed by atoms with Gasteiger partial charge in [-0.3, -0.25) is 9.78 Å². The number of nitrogens with zero attached hydrogens (tertiary/aromatic N) is 4. The first-order valence-electron chi connectivity index (χ1n) is 8.38. The van der Waals surface area contributed by atoms with Crippen LogP contribution in [-0.4, -0.2) is 32.5 Å². The van der Waals surface area contributed by atoms with E-state index in [0.29, 0.717) is 36.8 Å². The maximum absolute atomic E-state index is 12.6. The minimum Gasteiger partial charge on any atom is -0.469 e. The quantitative estimate of drug-likeness (QED) is 0.711. The van der Waals surface area contributed by atoms with Crippen LogP contribution in [0.15, 0.2) is 51.7 Å². The molecule has 1 aliphatic heterocycles. The minimum absolute atomic E-state index is 0.0801. The first-order chi connectivity index (χ1) is 12.3. The van der Waals surface area contributed by atoms with Crippen molar-refractivity contribution >= 4 is 5.91 Å². The fourth-order valence-electron chi connectivity index (χ4n) is 3.12. The Hall–Kier alpha value is -2.96. The Labute approximate surface area is 144 Å². The molecule has 7 nitrogen and oxygen atoms in total. The van der Waals surface area contributed by atoms with Gasteiger partial charge in [-0.25, -0.2) is 0 Å². The van der Waals surface area contributed by atoms with Gasteiger partial charge in [-0.1, -0.05) is 11.2 Å². The van der Waals surface area contributed by atoms with E-state index in [9.17, 15) is 4.79 Å². The van der Waals surface area contributed by atoms with E-state index in [-0.39, 0.29) is 11.9 Å². The number of rotatable bonds is 5. The molecule has 0 N–H and O–H groups in total. The Morgan fingerprint density at radius 3 is 3.04 bits per heavy atom. The lowest BCUT2D eigenvalue weighted by Crippen LogP contribution is -2.30. The van der Waals surface area contributed by atoms with Crippen LogP contribution in [0.5, 0.6) is 0 Å². The van der Waals surface area contributed by atoms with Gasteiger partial charge in [0.05, 0.1) is 6.26 Å². The van der Waals surface area contributed by atoms with Crippen molar-refractivity contribution in [2.45, 2.75) is 31.7 Å². The zero-order chi connectivity index (χ0) is 17.1. The highest BCUT2D eigenvalue weighted by atomic mass is 16.5. The molecule has 1 fully saturated rings. The van der Waals surface area contributed by atoms with Crippen LogP contribution in [0.25, 0.3) is 11.5 Å². The SMILES string of the molecule is O=C(CCc1ccco1)N1CCC[C@@H]1c1nc(-c2ccccn2)no1. The zero-order valence-corrected chi connectivity index (χ0v) is 13.7. The molecular formula is C18H18N4O3. The molecule has 3 aromatic rings. The van der Waals surface area contributed by atoms with Crippen LogP contribution < -0.4 is 0 Å². The van der Waals surface area contributed by atoms with Gasteiger partial charge in [0.2, 0.25) is 17.6 Å². The number of aromatic nitrogens is 3. The highest BCUT2D eigenvalue weighted by molar-refractivity contribution is 5.77. The standard InChI is InChI=1S/C18H18N4O3/c23-16(9-8-13-5-4-12-24-13)22-11-3-7-15(22)18-20-17(21-25-18)14-6-1-2-10-19-14/h1-2,4-6,10,12,15H,3,7-9,11H2/t15-/m1/s1. The zero-order valence-electron chi connectivity index (χ0n) is 13.7. The third kappa shape index (κ3) is 3.31. The Morgan fingerprint density at radius 2 is 2.24 bits per heavy atom. The third-order valence-corrected chi connectivity index (χ3v) is 4.36. The molecule has 1 aliphatic rings. The van der Waals surface area contributed by atoms with E-state index in [1.165, 1.54) is 0 Å². The molecular weight excluding hydrogens is 320 g/mol. The molecule has 25 heavy (non-hydrogen) atoms. The van der Waals surface area contributed by atoms with E-state index in [2.05, 4.69) is 15.1 Å². The largest absolute Gasteiger partial charge is 0.469 e. The second-order valence-corrected chi connectivity index (χ2v) is 6.00. The van der Waals surface area contributed by atoms with Crippen molar-refractivity contribution in [1.82, 2.24) is 20.0 Å². The van der Waals surface area contributed by atoms with Crippen LogP contribution in [0.1, 0.15) is 37.0 Å². The van der Waals surface area contributed by atoms with Gasteiger partial charge in [0.15, 0.2) is 0 Å². The van der Waals surface area contributed by atoms with E-state index in [4.69, 9.17) is 8.94 Å². The molecule has 0 spiro atoms. The van der Waals surface area contributed by atoms with E-state index in [0.717, 1.165) is 18.6 Å². The van der Waals surface area contributed by atoms with Crippen LogP contribution in [0.3, 0.4) is 0 Å². The van der Waals surface area contributed by atoms with Gasteiger partial charge in [-0.05, 0) is 37.1 Å². The molecule has 0 aromatic carbocycles. The Morgan fingerprint density at radius 1 is 1.28 bits per heavy atom. The number of aryl methyl sites for hydroxylation is 1. The Bertz CT molecular complexity index is 829. The van der Waals surface area contributed by atoms with Gasteiger partial charge in [0.25, 0.3) is 0 Å². The summed E-state index contributed by atoms with van der Waals surface area (Å²) in [5.41, 5.74) is 0.659. The Kier molecular flexibility index (Phi) is 4.28. The van der Waals surface area contributed by atoms with Crippen LogP contribution in [0.4, 0.5) is 0 Å². The molecule has 0 radical (unpaired) electrons. The fraction of sp³-hybridized carbons (Fsp3) is 0.333. The predicted octanol–water partition coefficient (Wildman–Crippen LogP) is 3.02. The molecule has 0 unspecified atom stereocenters. The average molecular weight is 338 g/mol. The van der Waals surface area contributed by atoms with E-state index in [1.54, 1.807) is 12.5 Å². The predicted molar refractivity (Wildman–Crippen MR) is 88.2 cm³/mol. The number of likely N-dealkylation sites (tertiary alicyclic amines) is 1. The van der Waals surface area contributed by atoms with Gasteiger partial charge in [-0.15, -0.1) is 0 Å². The lowest BCUT2D eigenvalue weighted by atomic mass is 10.2. The number of hydrogen-bond acceptors (Lipinski definition) is 6. The molecule has 0 bridgehead atoms. The number of carbonyl (C=O) groups is 1. The third-order valence-electron chi connectivity index (χ3n) is 4.36. The smallest absolute Gasteiger partial charge is 0.249 e. The molecule has 4 heterocycles. The van der Waals surface area contributed by atoms with Crippen molar-refractivity contribution in [3.63, 3.8) is 0 Å². The number of hydrogen-bond donors (Lipinski definition) is 0. The summed E-state index contributed by atoms with van der Waals surface area (Å²) in [5.74, 6) is 1.82. The summed E-state index contributed by atoms with van der Waals surface area (Å²) in [6.07, 6.45) is 6.07. The summed E-state index contributed by atoms with van der Waals surface area (Å²) in [6, 6.07) is 9.09. The van der Waals surface area contributed by atoms with Gasteiger partial charge in [0.1, 0.15) is 17.5 Å². The molecule has 4 rings (SSSR count). The van der Waals surface area contributed by atoms with Crippen LogP contribution in [0, 0.1) is 0 Å². The monoisotopic (exact) mass is 338 g/mol. The van der Waals surface area contributed by atoms with Crippen molar-refractivity contribution < 1.29 is 13.7 Å². The minimum atomic E-state index is -0.158. The number of carbonyl (C=O) groups excluding carboxylic acids is 1. The summed E-state index contributed by atoms with van der Waals surface area (Å²) < 4.78 is 10.7. The molecule has 7 heteroatoms. The molecule has 0 saturated carbocycles. The van der Waals surface area contributed by atoms with E-state index >= 15 is 0 Å². The van der Waals surface area contributed by atoms with Gasteiger partial charge >= 0.3 is 0 Å². The molecule has 1 amide bonds. The van der Waals surface area contributed by atoms with Crippen molar-refractivity contribution in [2.24, 2.45) is 0 Å². The highest BCUT2D eigenvalue weighted by Gasteiger charge is 2.34.